The number of β-amino-alcohol motifs (C(OH)–C–C–N with tert-alkyl or cyclic N) is 1. The van der Waals surface area contributed by atoms with Gasteiger partial charge in [-0.3, -0.25) is 4.79 Å². The maximum absolute atomic E-state index is 12.5. The molecule has 2 rings (SSSR count). The first-order chi connectivity index (χ1) is 9.38. The molecule has 0 saturated carbocycles. The second kappa shape index (κ2) is 5.68. The molecule has 1 aromatic carbocycles. The van der Waals surface area contributed by atoms with Crippen molar-refractivity contribution in [1.82, 2.24) is 9.80 Å². The summed E-state index contributed by atoms with van der Waals surface area (Å²) in [6.07, 6.45) is -0.0351. The Morgan fingerprint density at radius 1 is 1.40 bits per heavy atom. The highest BCUT2D eigenvalue weighted by Gasteiger charge is 2.35. The average molecular weight is 280 g/mol. The van der Waals surface area contributed by atoms with Gasteiger partial charge >= 0.3 is 0 Å². The zero-order chi connectivity index (χ0) is 14.9. The number of nitrogens with zero attached hydrogens (tertiary/aromatic N) is 2. The second-order valence-electron chi connectivity index (χ2n) is 5.46. The third-order valence-electron chi connectivity index (χ3n) is 3.44. The molecule has 0 bridgehead atoms. The summed E-state index contributed by atoms with van der Waals surface area (Å²) in [5.74, 6) is -0.616. The minimum absolute atomic E-state index is 0.0582. The van der Waals surface area contributed by atoms with Crippen LogP contribution in [0.4, 0.5) is 0 Å². The van der Waals surface area contributed by atoms with Crippen LogP contribution in [-0.4, -0.2) is 70.4 Å². The van der Waals surface area contributed by atoms with E-state index >= 15 is 0 Å². The van der Waals surface area contributed by atoms with Crippen LogP contribution in [0.5, 0.6) is 11.5 Å². The summed E-state index contributed by atoms with van der Waals surface area (Å²) in [6.45, 7) is 0.884. The number of rotatable bonds is 3. The first-order valence-corrected chi connectivity index (χ1v) is 6.54. The molecule has 20 heavy (non-hydrogen) atoms. The zero-order valence-electron chi connectivity index (χ0n) is 11.7. The molecule has 2 atom stereocenters. The number of phenols is 2. The van der Waals surface area contributed by atoms with Crippen molar-refractivity contribution in [3.8, 4) is 11.5 Å². The average Bonchev–Trinajstić information content (AvgIpc) is 2.71. The molecule has 0 aliphatic carbocycles. The summed E-state index contributed by atoms with van der Waals surface area (Å²) in [4.78, 5) is 16.0. The molecular formula is C14H20N2O4. The Kier molecular flexibility index (Phi) is 4.15. The van der Waals surface area contributed by atoms with E-state index in [1.54, 1.807) is 4.90 Å². The molecule has 2 unspecified atom stereocenters. The van der Waals surface area contributed by atoms with Gasteiger partial charge in [-0.25, -0.2) is 0 Å². The molecular weight excluding hydrogens is 260 g/mol. The minimum atomic E-state index is -0.552. The van der Waals surface area contributed by atoms with Crippen molar-refractivity contribution >= 4 is 5.91 Å². The van der Waals surface area contributed by atoms with E-state index < -0.39 is 6.10 Å². The second-order valence-corrected chi connectivity index (χ2v) is 5.46. The summed E-state index contributed by atoms with van der Waals surface area (Å²) in [5.41, 5.74) is 0.0582. The normalized spacial score (nSPS) is 22.5. The monoisotopic (exact) mass is 280 g/mol. The number of benzene rings is 1. The van der Waals surface area contributed by atoms with Gasteiger partial charge in [0, 0.05) is 19.1 Å². The Hall–Kier alpha value is -1.79. The topological polar surface area (TPSA) is 84.2 Å². The predicted octanol–water partition coefficient (Wildman–Crippen LogP) is 0.235. The lowest BCUT2D eigenvalue weighted by atomic mass is 10.1. The van der Waals surface area contributed by atoms with Gasteiger partial charge in [0.05, 0.1) is 11.7 Å². The van der Waals surface area contributed by atoms with Crippen molar-refractivity contribution in [3.05, 3.63) is 23.8 Å². The van der Waals surface area contributed by atoms with E-state index in [4.69, 9.17) is 0 Å². The number of amides is 1. The standard InChI is InChI=1S/C14H20N2O4/c1-15(2)7-9-5-11(18)8-16(9)14(20)12-6-10(17)3-4-13(12)19/h3-4,6,9,11,17-19H,5,7-8H2,1-2H3. The fraction of sp³-hybridized carbons (Fsp3) is 0.500. The highest BCUT2D eigenvalue weighted by Crippen LogP contribution is 2.27. The lowest BCUT2D eigenvalue weighted by molar-refractivity contribution is 0.0695. The first-order valence-electron chi connectivity index (χ1n) is 6.54. The smallest absolute Gasteiger partial charge is 0.258 e. The molecule has 6 nitrogen and oxygen atoms in total. The van der Waals surface area contributed by atoms with Gasteiger partial charge in [-0.15, -0.1) is 0 Å². The summed E-state index contributed by atoms with van der Waals surface area (Å²) in [6, 6.07) is 3.75. The predicted molar refractivity (Wildman–Crippen MR) is 73.8 cm³/mol. The van der Waals surface area contributed by atoms with E-state index in [1.807, 2.05) is 19.0 Å². The molecule has 1 aliphatic rings. The number of likely N-dealkylation sites (N-methyl/N-ethyl adjacent to an activating group) is 1. The Balaban J connectivity index is 2.24. The van der Waals surface area contributed by atoms with Gasteiger partial charge in [-0.05, 0) is 38.7 Å². The molecule has 0 radical (unpaired) electrons. The Labute approximate surface area is 117 Å². The molecule has 1 amide bonds. The van der Waals surface area contributed by atoms with Gasteiger partial charge in [0.25, 0.3) is 5.91 Å². The van der Waals surface area contributed by atoms with Gasteiger partial charge in [0.1, 0.15) is 11.5 Å². The number of aliphatic hydroxyl groups excluding tert-OH is 1. The van der Waals surface area contributed by atoms with Gasteiger partial charge < -0.3 is 25.1 Å². The first kappa shape index (κ1) is 14.6. The number of carbonyl (C=O) groups is 1. The number of hydrogen-bond acceptors (Lipinski definition) is 5. The van der Waals surface area contributed by atoms with E-state index in [9.17, 15) is 20.1 Å². The highest BCUT2D eigenvalue weighted by atomic mass is 16.3. The fourth-order valence-corrected chi connectivity index (χ4v) is 2.59. The summed E-state index contributed by atoms with van der Waals surface area (Å²) < 4.78 is 0. The summed E-state index contributed by atoms with van der Waals surface area (Å²) >= 11 is 0. The van der Waals surface area contributed by atoms with Gasteiger partial charge in [-0.2, -0.15) is 0 Å². The van der Waals surface area contributed by atoms with E-state index in [2.05, 4.69) is 0 Å². The van der Waals surface area contributed by atoms with E-state index in [0.717, 1.165) is 0 Å². The van der Waals surface area contributed by atoms with Crippen LogP contribution in [0.3, 0.4) is 0 Å². The highest BCUT2D eigenvalue weighted by molar-refractivity contribution is 5.97. The number of carbonyl (C=O) groups excluding carboxylic acids is 1. The van der Waals surface area contributed by atoms with Crippen molar-refractivity contribution in [1.29, 1.82) is 0 Å². The molecule has 6 heteroatoms. The Morgan fingerprint density at radius 3 is 2.75 bits per heavy atom. The SMILES string of the molecule is CN(C)CC1CC(O)CN1C(=O)c1cc(O)ccc1O. The quantitative estimate of drug-likeness (QED) is 0.691. The minimum Gasteiger partial charge on any atom is -0.508 e. The lowest BCUT2D eigenvalue weighted by Gasteiger charge is -2.27. The van der Waals surface area contributed by atoms with Crippen LogP contribution in [0, 0.1) is 0 Å². The van der Waals surface area contributed by atoms with Crippen molar-refractivity contribution in [2.45, 2.75) is 18.6 Å². The van der Waals surface area contributed by atoms with Crippen molar-refractivity contribution in [2.75, 3.05) is 27.2 Å². The van der Waals surface area contributed by atoms with Crippen LogP contribution in [0.2, 0.25) is 0 Å². The molecule has 110 valence electrons. The molecule has 1 aliphatic heterocycles. The maximum atomic E-state index is 12.5. The number of aliphatic hydroxyl groups is 1. The Bertz CT molecular complexity index is 504. The summed E-state index contributed by atoms with van der Waals surface area (Å²) in [7, 11) is 3.80. The van der Waals surface area contributed by atoms with Gasteiger partial charge in [-0.1, -0.05) is 0 Å². The van der Waals surface area contributed by atoms with E-state index in [1.165, 1.54) is 18.2 Å². The number of hydrogen-bond donors (Lipinski definition) is 3. The van der Waals surface area contributed by atoms with Crippen molar-refractivity contribution < 1.29 is 20.1 Å². The van der Waals surface area contributed by atoms with Crippen LogP contribution in [0.1, 0.15) is 16.8 Å². The van der Waals surface area contributed by atoms with Crippen molar-refractivity contribution in [2.24, 2.45) is 0 Å². The summed E-state index contributed by atoms with van der Waals surface area (Å²) in [5, 5.41) is 29.0. The third kappa shape index (κ3) is 3.02. The molecule has 1 fully saturated rings. The fourth-order valence-electron chi connectivity index (χ4n) is 2.59. The maximum Gasteiger partial charge on any atom is 0.258 e. The van der Waals surface area contributed by atoms with E-state index in [0.29, 0.717) is 13.0 Å². The molecule has 1 saturated heterocycles. The largest absolute Gasteiger partial charge is 0.508 e. The molecule has 0 spiro atoms. The third-order valence-corrected chi connectivity index (χ3v) is 3.44. The number of aromatic hydroxyl groups is 2. The van der Waals surface area contributed by atoms with Gasteiger partial charge in [0.15, 0.2) is 0 Å². The van der Waals surface area contributed by atoms with E-state index in [-0.39, 0.29) is 35.6 Å². The molecule has 3 N–H and O–H groups in total. The molecule has 1 heterocycles. The van der Waals surface area contributed by atoms with Crippen LogP contribution >= 0.6 is 0 Å². The number of phenolic OH excluding ortho intramolecular Hbond substituents is 2. The molecule has 0 aromatic heterocycles. The van der Waals surface area contributed by atoms with Crippen LogP contribution < -0.4 is 0 Å². The number of likely N-dealkylation sites (tertiary alicyclic amines) is 1. The Morgan fingerprint density at radius 2 is 2.10 bits per heavy atom. The van der Waals surface area contributed by atoms with Gasteiger partial charge in [0.2, 0.25) is 0 Å². The molecule has 1 aromatic rings. The van der Waals surface area contributed by atoms with Crippen LogP contribution in [0.25, 0.3) is 0 Å². The van der Waals surface area contributed by atoms with Crippen LogP contribution in [-0.2, 0) is 0 Å². The lowest BCUT2D eigenvalue weighted by Crippen LogP contribution is -2.41. The van der Waals surface area contributed by atoms with Crippen molar-refractivity contribution in [3.63, 3.8) is 0 Å². The zero-order valence-corrected chi connectivity index (χ0v) is 11.7. The van der Waals surface area contributed by atoms with Crippen LogP contribution in [0.15, 0.2) is 18.2 Å².